The van der Waals surface area contributed by atoms with E-state index in [0.29, 0.717) is 0 Å². The van der Waals surface area contributed by atoms with Gasteiger partial charge in [0.2, 0.25) is 0 Å². The minimum absolute atomic E-state index is 0.0277. The molecule has 0 unspecified atom stereocenters. The summed E-state index contributed by atoms with van der Waals surface area (Å²) < 4.78 is 0. The van der Waals surface area contributed by atoms with Crippen molar-refractivity contribution in [2.45, 2.75) is 91.0 Å². The summed E-state index contributed by atoms with van der Waals surface area (Å²) in [6, 6.07) is 0. The lowest BCUT2D eigenvalue weighted by Crippen LogP contribution is -2.37. The fraction of sp³-hybridized carbons (Fsp3) is 0.789. The van der Waals surface area contributed by atoms with Crippen LogP contribution in [-0.4, -0.2) is 21.3 Å². The zero-order chi connectivity index (χ0) is 16.9. The molecule has 0 saturated carbocycles. The molecule has 0 aromatic rings. The first-order chi connectivity index (χ1) is 10.4. The first-order valence-corrected chi connectivity index (χ1v) is 8.86. The third-order valence-electron chi connectivity index (χ3n) is 4.16. The van der Waals surface area contributed by atoms with Crippen LogP contribution in [0.5, 0.6) is 0 Å². The van der Waals surface area contributed by atoms with Gasteiger partial charge in [0.25, 0.3) is 5.97 Å². The lowest BCUT2D eigenvalue weighted by molar-refractivity contribution is -0.327. The molecule has 0 radical (unpaired) electrons. The van der Waals surface area contributed by atoms with E-state index in [2.05, 4.69) is 45.1 Å². The number of aliphatic hydroxyl groups is 3. The molecule has 0 aromatic carbocycles. The van der Waals surface area contributed by atoms with Crippen molar-refractivity contribution in [3.63, 3.8) is 0 Å². The summed E-state index contributed by atoms with van der Waals surface area (Å²) >= 11 is 0. The average molecular weight is 312 g/mol. The van der Waals surface area contributed by atoms with Crippen molar-refractivity contribution in [1.29, 1.82) is 0 Å². The molecule has 130 valence electrons. The molecule has 0 rings (SSSR count). The van der Waals surface area contributed by atoms with Crippen LogP contribution >= 0.6 is 0 Å². The number of hydrogen-bond donors (Lipinski definition) is 3. The summed E-state index contributed by atoms with van der Waals surface area (Å²) in [7, 11) is 0. The minimum atomic E-state index is -2.57. The molecule has 0 amide bonds. The standard InChI is InChI=1S/C19H36O3/c1-4-7-10-12-15-18(14-9-6-3,17-19(20,21)22)16-13-11-8-5-2/h7-8,10-11,20-22H,4-6,9,12-17H2,1-3H3. The maximum Gasteiger partial charge on any atom is 0.275 e. The van der Waals surface area contributed by atoms with Crippen LogP contribution in [0, 0.1) is 5.41 Å². The van der Waals surface area contributed by atoms with E-state index in [0.717, 1.165) is 57.8 Å². The van der Waals surface area contributed by atoms with Crippen molar-refractivity contribution in [2.24, 2.45) is 5.41 Å². The quantitative estimate of drug-likeness (QED) is 0.342. The van der Waals surface area contributed by atoms with Gasteiger partial charge in [-0.25, -0.2) is 0 Å². The molecule has 0 aliphatic rings. The van der Waals surface area contributed by atoms with E-state index < -0.39 is 5.97 Å². The summed E-state index contributed by atoms with van der Waals surface area (Å²) in [6.45, 7) is 6.36. The van der Waals surface area contributed by atoms with Crippen molar-refractivity contribution in [1.82, 2.24) is 0 Å². The zero-order valence-electron chi connectivity index (χ0n) is 14.7. The Morgan fingerprint density at radius 1 is 0.727 bits per heavy atom. The molecule has 0 heterocycles. The Morgan fingerprint density at radius 2 is 1.23 bits per heavy atom. The maximum atomic E-state index is 9.53. The molecule has 3 N–H and O–H groups in total. The highest BCUT2D eigenvalue weighted by molar-refractivity contribution is 4.90. The smallest absolute Gasteiger partial charge is 0.275 e. The highest BCUT2D eigenvalue weighted by Crippen LogP contribution is 2.41. The molecule has 0 bridgehead atoms. The Labute approximate surface area is 136 Å². The SMILES string of the molecule is CCC=CCCC(CCC=CCC)(CCCC)CC(O)(O)O. The molecule has 0 aromatic heterocycles. The average Bonchev–Trinajstić information content (AvgIpc) is 2.44. The van der Waals surface area contributed by atoms with Gasteiger partial charge >= 0.3 is 0 Å². The highest BCUT2D eigenvalue weighted by Gasteiger charge is 2.36. The van der Waals surface area contributed by atoms with E-state index in [4.69, 9.17) is 0 Å². The third kappa shape index (κ3) is 11.0. The van der Waals surface area contributed by atoms with Crippen molar-refractivity contribution < 1.29 is 15.3 Å². The molecular weight excluding hydrogens is 276 g/mol. The number of hydrogen-bond acceptors (Lipinski definition) is 3. The lowest BCUT2D eigenvalue weighted by atomic mass is 9.71. The summed E-state index contributed by atoms with van der Waals surface area (Å²) in [5.41, 5.74) is -0.218. The van der Waals surface area contributed by atoms with Gasteiger partial charge < -0.3 is 15.3 Å². The highest BCUT2D eigenvalue weighted by atomic mass is 16.7. The van der Waals surface area contributed by atoms with Crippen LogP contribution in [0.3, 0.4) is 0 Å². The van der Waals surface area contributed by atoms with E-state index in [-0.39, 0.29) is 11.8 Å². The monoisotopic (exact) mass is 312 g/mol. The van der Waals surface area contributed by atoms with Crippen LogP contribution in [0.4, 0.5) is 0 Å². The predicted molar refractivity (Wildman–Crippen MR) is 93.3 cm³/mol. The van der Waals surface area contributed by atoms with Gasteiger partial charge in [0.05, 0.1) is 0 Å². The summed E-state index contributed by atoms with van der Waals surface area (Å²) in [5.74, 6) is -2.57. The van der Waals surface area contributed by atoms with Gasteiger partial charge in [-0.2, -0.15) is 0 Å². The Balaban J connectivity index is 4.94. The van der Waals surface area contributed by atoms with E-state index in [1.807, 2.05) is 0 Å². The topological polar surface area (TPSA) is 60.7 Å². The van der Waals surface area contributed by atoms with Crippen molar-refractivity contribution >= 4 is 0 Å². The number of allylic oxidation sites excluding steroid dienone is 4. The summed E-state index contributed by atoms with van der Waals surface area (Å²) in [4.78, 5) is 0. The van der Waals surface area contributed by atoms with Crippen molar-refractivity contribution in [3.05, 3.63) is 24.3 Å². The molecule has 3 nitrogen and oxygen atoms in total. The Bertz CT molecular complexity index is 295. The fourth-order valence-electron chi connectivity index (χ4n) is 3.04. The van der Waals surface area contributed by atoms with E-state index >= 15 is 0 Å². The van der Waals surface area contributed by atoms with Gasteiger partial charge in [0.1, 0.15) is 0 Å². The van der Waals surface area contributed by atoms with Crippen molar-refractivity contribution in [2.75, 3.05) is 0 Å². The first-order valence-electron chi connectivity index (χ1n) is 8.86. The van der Waals surface area contributed by atoms with Gasteiger partial charge in [-0.3, -0.25) is 0 Å². The largest absolute Gasteiger partial charge is 0.344 e. The molecular formula is C19H36O3. The Hall–Kier alpha value is -0.640. The van der Waals surface area contributed by atoms with E-state index in [9.17, 15) is 15.3 Å². The lowest BCUT2D eigenvalue weighted by Gasteiger charge is -2.36. The third-order valence-corrected chi connectivity index (χ3v) is 4.16. The van der Waals surface area contributed by atoms with Crippen LogP contribution in [-0.2, 0) is 0 Å². The normalized spacial score (nSPS) is 15.7. The summed E-state index contributed by atoms with van der Waals surface area (Å²) in [6.07, 6.45) is 17.3. The molecule has 0 spiro atoms. The van der Waals surface area contributed by atoms with Gasteiger partial charge in [-0.1, -0.05) is 57.9 Å². The van der Waals surface area contributed by atoms with Crippen LogP contribution in [0.25, 0.3) is 0 Å². The van der Waals surface area contributed by atoms with Crippen LogP contribution in [0.2, 0.25) is 0 Å². The Morgan fingerprint density at radius 3 is 1.59 bits per heavy atom. The molecule has 0 saturated heterocycles. The first kappa shape index (κ1) is 21.4. The molecule has 0 fully saturated rings. The second-order valence-corrected chi connectivity index (χ2v) is 6.39. The van der Waals surface area contributed by atoms with Crippen molar-refractivity contribution in [3.8, 4) is 0 Å². The molecule has 0 aliphatic carbocycles. The molecule has 0 aliphatic heterocycles. The van der Waals surface area contributed by atoms with Crippen LogP contribution in [0.15, 0.2) is 24.3 Å². The molecule has 0 atom stereocenters. The van der Waals surface area contributed by atoms with Gasteiger partial charge in [-0.15, -0.1) is 0 Å². The van der Waals surface area contributed by atoms with Crippen LogP contribution in [0.1, 0.15) is 85.0 Å². The zero-order valence-corrected chi connectivity index (χ0v) is 14.7. The Kier molecular flexibility index (Phi) is 11.5. The second kappa shape index (κ2) is 11.9. The predicted octanol–water partition coefficient (Wildman–Crippen LogP) is 4.68. The van der Waals surface area contributed by atoms with E-state index in [1.54, 1.807) is 0 Å². The second-order valence-electron chi connectivity index (χ2n) is 6.39. The molecule has 3 heteroatoms. The minimum Gasteiger partial charge on any atom is -0.344 e. The summed E-state index contributed by atoms with van der Waals surface area (Å²) in [5, 5.41) is 28.6. The number of unbranched alkanes of at least 4 members (excludes halogenated alkanes) is 1. The van der Waals surface area contributed by atoms with Gasteiger partial charge in [0.15, 0.2) is 0 Å². The number of rotatable bonds is 13. The van der Waals surface area contributed by atoms with Gasteiger partial charge in [0, 0.05) is 6.42 Å². The van der Waals surface area contributed by atoms with Gasteiger partial charge in [-0.05, 0) is 50.4 Å². The molecule has 22 heavy (non-hydrogen) atoms. The van der Waals surface area contributed by atoms with Crippen LogP contribution < -0.4 is 0 Å². The fourth-order valence-corrected chi connectivity index (χ4v) is 3.04. The van der Waals surface area contributed by atoms with E-state index in [1.165, 1.54) is 0 Å². The maximum absolute atomic E-state index is 9.53.